The summed E-state index contributed by atoms with van der Waals surface area (Å²) in [7, 11) is 0. The minimum absolute atomic E-state index is 1.12. The molecule has 0 fully saturated rings. The third-order valence-corrected chi connectivity index (χ3v) is 9.93. The van der Waals surface area contributed by atoms with Gasteiger partial charge in [-0.05, 0) is 77.9 Å². The van der Waals surface area contributed by atoms with Crippen molar-refractivity contribution in [2.45, 2.75) is 0 Å². The summed E-state index contributed by atoms with van der Waals surface area (Å²) in [6.07, 6.45) is 0. The monoisotopic (exact) mass is 592 g/mol. The second-order valence-electron chi connectivity index (χ2n) is 11.4. The molecule has 212 valence electrons. The predicted molar refractivity (Wildman–Crippen MR) is 194 cm³/mol. The van der Waals surface area contributed by atoms with E-state index in [-0.39, 0.29) is 0 Å². The fraction of sp³-hybridized carbons (Fsp3) is 0. The van der Waals surface area contributed by atoms with E-state index < -0.39 is 0 Å². The molecule has 2 nitrogen and oxygen atoms in total. The Labute approximate surface area is 265 Å². The van der Waals surface area contributed by atoms with Gasteiger partial charge < -0.3 is 9.47 Å². The Morgan fingerprint density at radius 3 is 1.87 bits per heavy atom. The van der Waals surface area contributed by atoms with Crippen molar-refractivity contribution in [2.24, 2.45) is 0 Å². The number of rotatable bonds is 5. The predicted octanol–water partition coefficient (Wildman–Crippen LogP) is 12.3. The summed E-state index contributed by atoms with van der Waals surface area (Å²) in [4.78, 5) is 2.44. The van der Waals surface area contributed by atoms with E-state index in [0.717, 1.165) is 22.7 Å². The molecule has 7 aromatic carbocycles. The van der Waals surface area contributed by atoms with E-state index >= 15 is 0 Å². The van der Waals surface area contributed by atoms with Gasteiger partial charge in [-0.2, -0.15) is 0 Å². The molecule has 45 heavy (non-hydrogen) atoms. The van der Waals surface area contributed by atoms with Gasteiger partial charge in [-0.25, -0.2) is 0 Å². The lowest BCUT2D eigenvalue weighted by Gasteiger charge is -2.27. The molecule has 0 saturated carbocycles. The minimum atomic E-state index is 1.12. The maximum absolute atomic E-state index is 2.44. The van der Waals surface area contributed by atoms with Crippen LogP contribution in [0.15, 0.2) is 170 Å². The molecule has 0 aliphatic carbocycles. The Morgan fingerprint density at radius 1 is 0.422 bits per heavy atom. The summed E-state index contributed by atoms with van der Waals surface area (Å²) >= 11 is 1.86. The number of fused-ring (bicyclic) bond motifs is 6. The average Bonchev–Trinajstić information content (AvgIpc) is 3.65. The van der Waals surface area contributed by atoms with E-state index in [1.54, 1.807) is 0 Å². The van der Waals surface area contributed by atoms with Crippen LogP contribution < -0.4 is 4.90 Å². The van der Waals surface area contributed by atoms with Crippen molar-refractivity contribution in [1.29, 1.82) is 0 Å². The zero-order chi connectivity index (χ0) is 29.7. The van der Waals surface area contributed by atoms with Crippen LogP contribution in [0.25, 0.3) is 58.8 Å². The topological polar surface area (TPSA) is 8.17 Å². The number of para-hydroxylation sites is 2. The van der Waals surface area contributed by atoms with Gasteiger partial charge in [-0.15, -0.1) is 11.3 Å². The number of thiophene rings is 1. The number of nitrogens with zero attached hydrogens (tertiary/aromatic N) is 2. The highest BCUT2D eigenvalue weighted by Gasteiger charge is 2.21. The van der Waals surface area contributed by atoms with Crippen LogP contribution in [0.3, 0.4) is 0 Å². The number of hydrogen-bond acceptors (Lipinski definition) is 2. The van der Waals surface area contributed by atoms with Crippen molar-refractivity contribution in [3.63, 3.8) is 0 Å². The van der Waals surface area contributed by atoms with Crippen LogP contribution in [0.5, 0.6) is 0 Å². The first-order valence-corrected chi connectivity index (χ1v) is 16.1. The molecule has 0 N–H and O–H groups in total. The van der Waals surface area contributed by atoms with E-state index in [4.69, 9.17) is 0 Å². The normalized spacial score (nSPS) is 11.6. The molecule has 3 heteroatoms. The largest absolute Gasteiger partial charge is 0.310 e. The van der Waals surface area contributed by atoms with E-state index in [0.29, 0.717) is 0 Å². The molecular formula is C42H28N2S. The van der Waals surface area contributed by atoms with E-state index in [9.17, 15) is 0 Å². The fourth-order valence-corrected chi connectivity index (χ4v) is 7.84. The average molecular weight is 593 g/mol. The third-order valence-electron chi connectivity index (χ3n) is 8.78. The Kier molecular flexibility index (Phi) is 6.03. The summed E-state index contributed by atoms with van der Waals surface area (Å²) in [6, 6.07) is 61.4. The first-order chi connectivity index (χ1) is 22.3. The van der Waals surface area contributed by atoms with Gasteiger partial charge in [0.15, 0.2) is 0 Å². The summed E-state index contributed by atoms with van der Waals surface area (Å²) in [5.74, 6) is 0. The molecule has 0 aliphatic rings. The molecule has 0 spiro atoms. The molecule has 0 atom stereocenters. The summed E-state index contributed by atoms with van der Waals surface area (Å²) in [5.41, 5.74) is 9.39. The van der Waals surface area contributed by atoms with Crippen LogP contribution in [-0.4, -0.2) is 4.57 Å². The zero-order valence-electron chi connectivity index (χ0n) is 24.5. The van der Waals surface area contributed by atoms with Crippen molar-refractivity contribution >= 4 is 70.4 Å². The second kappa shape index (κ2) is 10.5. The van der Waals surface area contributed by atoms with Crippen LogP contribution in [0.1, 0.15) is 0 Å². The summed E-state index contributed by atoms with van der Waals surface area (Å²) in [6.45, 7) is 0. The van der Waals surface area contributed by atoms with E-state index in [2.05, 4.69) is 179 Å². The number of benzene rings is 7. The van der Waals surface area contributed by atoms with Crippen molar-refractivity contribution < 1.29 is 0 Å². The quantitative estimate of drug-likeness (QED) is 0.193. The third kappa shape index (κ3) is 4.24. The highest BCUT2D eigenvalue weighted by molar-refractivity contribution is 7.25. The van der Waals surface area contributed by atoms with Gasteiger partial charge in [-0.3, -0.25) is 0 Å². The molecule has 9 rings (SSSR count). The molecular weight excluding hydrogens is 565 g/mol. The van der Waals surface area contributed by atoms with Crippen molar-refractivity contribution in [3.8, 4) is 16.8 Å². The fourth-order valence-electron chi connectivity index (χ4n) is 6.76. The lowest BCUT2D eigenvalue weighted by molar-refractivity contribution is 1.18. The Hall–Kier alpha value is -5.64. The lowest BCUT2D eigenvalue weighted by atomic mass is 10.0. The summed E-state index contributed by atoms with van der Waals surface area (Å²) in [5, 5.41) is 5.06. The molecule has 2 aromatic heterocycles. The lowest BCUT2D eigenvalue weighted by Crippen LogP contribution is -2.10. The zero-order valence-corrected chi connectivity index (χ0v) is 25.3. The van der Waals surface area contributed by atoms with E-state index in [1.165, 1.54) is 53.1 Å². The van der Waals surface area contributed by atoms with Crippen LogP contribution in [-0.2, 0) is 0 Å². The van der Waals surface area contributed by atoms with Gasteiger partial charge in [0.25, 0.3) is 0 Å². The van der Waals surface area contributed by atoms with Gasteiger partial charge in [-0.1, -0.05) is 103 Å². The Bertz CT molecular complexity index is 2470. The standard InChI is InChI=1S/C42H28N2S/c1-3-12-29(13-4-1)30-22-24-32(25-23-30)43(33-26-27-41-36(28-33)34-16-8-10-21-40(34)45-41)38-19-11-20-39-42(38)35-17-7-9-18-37(35)44(39)31-14-5-2-6-15-31/h1-28H. The van der Waals surface area contributed by atoms with Gasteiger partial charge in [0.1, 0.15) is 0 Å². The van der Waals surface area contributed by atoms with Crippen molar-refractivity contribution in [3.05, 3.63) is 170 Å². The Balaban J connectivity index is 1.32. The molecule has 0 aliphatic heterocycles. The first kappa shape index (κ1) is 25.8. The molecule has 0 unspecified atom stereocenters. The molecule has 0 saturated heterocycles. The smallest absolute Gasteiger partial charge is 0.0562 e. The van der Waals surface area contributed by atoms with Crippen LogP contribution in [0.4, 0.5) is 17.1 Å². The molecule has 0 amide bonds. The molecule has 0 bridgehead atoms. The highest BCUT2D eigenvalue weighted by Crippen LogP contribution is 2.45. The van der Waals surface area contributed by atoms with E-state index in [1.807, 2.05) is 11.3 Å². The maximum Gasteiger partial charge on any atom is 0.0562 e. The van der Waals surface area contributed by atoms with Crippen molar-refractivity contribution in [2.75, 3.05) is 4.90 Å². The van der Waals surface area contributed by atoms with Crippen molar-refractivity contribution in [1.82, 2.24) is 4.57 Å². The number of aromatic nitrogens is 1. The van der Waals surface area contributed by atoms with Crippen LogP contribution in [0, 0.1) is 0 Å². The minimum Gasteiger partial charge on any atom is -0.310 e. The SMILES string of the molecule is c1ccc(-c2ccc(N(c3ccc4sc5ccccc5c4c3)c3cccc4c3c3ccccc3n4-c3ccccc3)cc2)cc1. The second-order valence-corrected chi connectivity index (χ2v) is 12.5. The van der Waals surface area contributed by atoms with Crippen LogP contribution in [0.2, 0.25) is 0 Å². The van der Waals surface area contributed by atoms with Gasteiger partial charge in [0.2, 0.25) is 0 Å². The van der Waals surface area contributed by atoms with Gasteiger partial charge >= 0.3 is 0 Å². The number of hydrogen-bond donors (Lipinski definition) is 0. The number of anilines is 3. The molecule has 2 heterocycles. The maximum atomic E-state index is 2.44. The van der Waals surface area contributed by atoms with Gasteiger partial charge in [0, 0.05) is 48.0 Å². The van der Waals surface area contributed by atoms with Crippen LogP contribution >= 0.6 is 11.3 Å². The molecule has 9 aromatic rings. The first-order valence-electron chi connectivity index (χ1n) is 15.3. The highest BCUT2D eigenvalue weighted by atomic mass is 32.1. The molecule has 0 radical (unpaired) electrons. The van der Waals surface area contributed by atoms with Gasteiger partial charge in [0.05, 0.1) is 16.7 Å². The Morgan fingerprint density at radius 2 is 1.04 bits per heavy atom. The summed E-state index contributed by atoms with van der Waals surface area (Å²) < 4.78 is 5.01.